The van der Waals surface area contributed by atoms with Gasteiger partial charge >= 0.3 is 0 Å². The third kappa shape index (κ3) is 6.01. The lowest BCUT2D eigenvalue weighted by Crippen LogP contribution is -2.32. The highest BCUT2D eigenvalue weighted by atomic mass is 16.5. The summed E-state index contributed by atoms with van der Waals surface area (Å²) >= 11 is 0. The van der Waals surface area contributed by atoms with E-state index >= 15 is 0 Å². The second-order valence-corrected chi connectivity index (χ2v) is 7.96. The van der Waals surface area contributed by atoms with Crippen molar-refractivity contribution in [2.24, 2.45) is 5.73 Å². The Labute approximate surface area is 169 Å². The van der Waals surface area contributed by atoms with E-state index in [2.05, 4.69) is 41.3 Å². The number of rotatable bonds is 10. The van der Waals surface area contributed by atoms with E-state index in [9.17, 15) is 0 Å². The van der Waals surface area contributed by atoms with Crippen molar-refractivity contribution in [2.45, 2.75) is 77.5 Å². The second-order valence-electron chi connectivity index (χ2n) is 7.96. The first kappa shape index (κ1) is 20.7. The minimum atomic E-state index is 0.298. The topological polar surface area (TPSA) is 73.1 Å². The number of hydrogen-bond acceptors (Lipinski definition) is 5. The van der Waals surface area contributed by atoms with Crippen molar-refractivity contribution >= 4 is 0 Å². The van der Waals surface area contributed by atoms with Crippen LogP contribution in [0.3, 0.4) is 0 Å². The van der Waals surface area contributed by atoms with Gasteiger partial charge in [-0.3, -0.25) is 9.97 Å². The lowest BCUT2D eigenvalue weighted by molar-refractivity contribution is 0.206. The molecule has 0 aliphatic heterocycles. The van der Waals surface area contributed by atoms with Gasteiger partial charge in [-0.1, -0.05) is 6.07 Å². The molecule has 1 saturated carbocycles. The number of aromatic nitrogens is 2. The van der Waals surface area contributed by atoms with Crippen molar-refractivity contribution in [2.75, 3.05) is 6.54 Å². The summed E-state index contributed by atoms with van der Waals surface area (Å²) in [6.45, 7) is 5.66. The van der Waals surface area contributed by atoms with Crippen molar-refractivity contribution in [3.8, 4) is 5.75 Å². The largest absolute Gasteiger partial charge is 0.489 e. The number of ether oxygens (including phenoxy) is 1. The zero-order valence-electron chi connectivity index (χ0n) is 17.3. The molecule has 152 valence electrons. The molecule has 0 aromatic carbocycles. The number of nitrogens with one attached hydrogen (secondary N) is 1. The number of nitrogens with zero attached hydrogens (tertiary/aromatic N) is 2. The Morgan fingerprint density at radius 3 is 2.79 bits per heavy atom. The van der Waals surface area contributed by atoms with E-state index in [1.54, 1.807) is 0 Å². The maximum Gasteiger partial charge on any atom is 0.141 e. The van der Waals surface area contributed by atoms with Crippen LogP contribution in [0.1, 0.15) is 61.0 Å². The SMILES string of the molecule is Cc1cnc(CNC(CCCN)Cc2ncccc2OC2CCCC2)c(C)c1. The molecule has 2 aromatic heterocycles. The van der Waals surface area contributed by atoms with E-state index in [1.165, 1.54) is 24.0 Å². The molecular weight excluding hydrogens is 348 g/mol. The molecule has 5 nitrogen and oxygen atoms in total. The van der Waals surface area contributed by atoms with Gasteiger partial charge in [0.15, 0.2) is 0 Å². The summed E-state index contributed by atoms with van der Waals surface area (Å²) in [6, 6.07) is 6.51. The molecule has 1 aliphatic rings. The molecule has 0 amide bonds. The van der Waals surface area contributed by atoms with Crippen molar-refractivity contribution in [1.29, 1.82) is 0 Å². The van der Waals surface area contributed by atoms with Crippen molar-refractivity contribution in [3.05, 3.63) is 53.1 Å². The molecule has 0 bridgehead atoms. The van der Waals surface area contributed by atoms with Crippen LogP contribution >= 0.6 is 0 Å². The Bertz CT molecular complexity index is 743. The summed E-state index contributed by atoms with van der Waals surface area (Å²) in [6.07, 6.45) is 11.8. The van der Waals surface area contributed by atoms with Crippen molar-refractivity contribution in [1.82, 2.24) is 15.3 Å². The maximum absolute atomic E-state index is 6.28. The minimum Gasteiger partial charge on any atom is -0.489 e. The molecule has 2 heterocycles. The standard InChI is InChI=1S/C23H34N4O/c1-17-13-18(2)22(27-15-17)16-26-19(7-5-11-24)14-21-23(10-6-12-25-21)28-20-8-3-4-9-20/h6,10,12-13,15,19-20,26H,3-5,7-9,11,14,16,24H2,1-2H3. The molecule has 3 rings (SSSR count). The van der Waals surface area contributed by atoms with Gasteiger partial charge in [-0.15, -0.1) is 0 Å². The highest BCUT2D eigenvalue weighted by molar-refractivity contribution is 5.28. The number of nitrogens with two attached hydrogens (primary N) is 1. The zero-order chi connectivity index (χ0) is 19.8. The summed E-state index contributed by atoms with van der Waals surface area (Å²) in [5.74, 6) is 0.943. The molecule has 2 aromatic rings. The lowest BCUT2D eigenvalue weighted by atomic mass is 10.0. The highest BCUT2D eigenvalue weighted by Gasteiger charge is 2.20. The first-order valence-corrected chi connectivity index (χ1v) is 10.6. The molecule has 5 heteroatoms. The third-order valence-electron chi connectivity index (χ3n) is 5.52. The van der Waals surface area contributed by atoms with Crippen LogP contribution < -0.4 is 15.8 Å². The molecule has 0 spiro atoms. The fourth-order valence-electron chi connectivity index (χ4n) is 3.91. The number of pyridine rings is 2. The summed E-state index contributed by atoms with van der Waals surface area (Å²) in [4.78, 5) is 9.24. The normalized spacial score (nSPS) is 15.7. The van der Waals surface area contributed by atoms with Crippen LogP contribution in [0.5, 0.6) is 5.75 Å². The average molecular weight is 383 g/mol. The fourth-order valence-corrected chi connectivity index (χ4v) is 3.91. The Morgan fingerprint density at radius 1 is 1.21 bits per heavy atom. The van der Waals surface area contributed by atoms with Gasteiger partial charge in [0.05, 0.1) is 17.5 Å². The molecule has 1 fully saturated rings. The second kappa shape index (κ2) is 10.5. The van der Waals surface area contributed by atoms with Gasteiger partial charge < -0.3 is 15.8 Å². The fraction of sp³-hybridized carbons (Fsp3) is 0.565. The van der Waals surface area contributed by atoms with Gasteiger partial charge in [0.2, 0.25) is 0 Å². The van der Waals surface area contributed by atoms with E-state index in [1.807, 2.05) is 18.5 Å². The monoisotopic (exact) mass is 382 g/mol. The first-order chi connectivity index (χ1) is 13.7. The zero-order valence-corrected chi connectivity index (χ0v) is 17.3. The number of hydrogen-bond donors (Lipinski definition) is 2. The van der Waals surface area contributed by atoms with Crippen LogP contribution in [-0.4, -0.2) is 28.7 Å². The molecule has 28 heavy (non-hydrogen) atoms. The summed E-state index contributed by atoms with van der Waals surface area (Å²) in [5, 5.41) is 3.69. The molecular formula is C23H34N4O. The number of aryl methyl sites for hydroxylation is 2. The van der Waals surface area contributed by atoms with Crippen LogP contribution in [0.2, 0.25) is 0 Å². The summed E-state index contributed by atoms with van der Waals surface area (Å²) < 4.78 is 6.28. The molecule has 1 aliphatic carbocycles. The molecule has 3 N–H and O–H groups in total. The summed E-state index contributed by atoms with van der Waals surface area (Å²) in [5.41, 5.74) is 10.3. The molecule has 1 atom stereocenters. The van der Waals surface area contributed by atoms with Crippen molar-refractivity contribution in [3.63, 3.8) is 0 Å². The van der Waals surface area contributed by atoms with Crippen LogP contribution in [-0.2, 0) is 13.0 Å². The van der Waals surface area contributed by atoms with E-state index in [-0.39, 0.29) is 0 Å². The van der Waals surface area contributed by atoms with E-state index in [0.29, 0.717) is 18.7 Å². The Balaban J connectivity index is 1.66. The van der Waals surface area contributed by atoms with Gasteiger partial charge in [-0.25, -0.2) is 0 Å². The molecule has 0 saturated heterocycles. The lowest BCUT2D eigenvalue weighted by Gasteiger charge is -2.21. The molecule has 1 unspecified atom stereocenters. The predicted octanol–water partition coefficient (Wildman–Crippen LogP) is 3.85. The Hall–Kier alpha value is -1.98. The van der Waals surface area contributed by atoms with Crippen LogP contribution in [0.4, 0.5) is 0 Å². The molecule has 0 radical (unpaired) electrons. The van der Waals surface area contributed by atoms with Gasteiger partial charge in [-0.2, -0.15) is 0 Å². The first-order valence-electron chi connectivity index (χ1n) is 10.6. The quantitative estimate of drug-likeness (QED) is 0.653. The van der Waals surface area contributed by atoms with Gasteiger partial charge in [0.25, 0.3) is 0 Å². The predicted molar refractivity (Wildman–Crippen MR) is 113 cm³/mol. The smallest absolute Gasteiger partial charge is 0.141 e. The third-order valence-corrected chi connectivity index (χ3v) is 5.52. The highest BCUT2D eigenvalue weighted by Crippen LogP contribution is 2.26. The van der Waals surface area contributed by atoms with E-state index < -0.39 is 0 Å². The average Bonchev–Trinajstić information content (AvgIpc) is 3.19. The Morgan fingerprint density at radius 2 is 2.04 bits per heavy atom. The van der Waals surface area contributed by atoms with Crippen LogP contribution in [0.15, 0.2) is 30.6 Å². The van der Waals surface area contributed by atoms with E-state index in [0.717, 1.165) is 55.8 Å². The van der Waals surface area contributed by atoms with Crippen molar-refractivity contribution < 1.29 is 4.74 Å². The maximum atomic E-state index is 6.28. The summed E-state index contributed by atoms with van der Waals surface area (Å²) in [7, 11) is 0. The van der Waals surface area contributed by atoms with Gasteiger partial charge in [0.1, 0.15) is 5.75 Å². The van der Waals surface area contributed by atoms with Gasteiger partial charge in [0, 0.05) is 31.4 Å². The van der Waals surface area contributed by atoms with E-state index in [4.69, 9.17) is 10.5 Å². The van der Waals surface area contributed by atoms with Crippen LogP contribution in [0.25, 0.3) is 0 Å². The Kier molecular flexibility index (Phi) is 7.80. The van der Waals surface area contributed by atoms with Crippen LogP contribution in [0, 0.1) is 13.8 Å². The minimum absolute atomic E-state index is 0.298. The van der Waals surface area contributed by atoms with Gasteiger partial charge in [-0.05, 0) is 82.2 Å².